The Morgan fingerprint density at radius 1 is 2.00 bits per heavy atom. The molecule has 0 aliphatic carbocycles. The molecule has 0 spiro atoms. The van der Waals surface area contributed by atoms with Crippen LogP contribution in [0.25, 0.3) is 0 Å². The molecule has 0 aliphatic heterocycles. The van der Waals surface area contributed by atoms with Crippen molar-refractivity contribution in [1.29, 1.82) is 0 Å². The molecule has 0 atom stereocenters. The first-order valence-corrected chi connectivity index (χ1v) is 2.17. The van der Waals surface area contributed by atoms with Crippen LogP contribution in [0.15, 0.2) is 0 Å². The molecule has 0 bridgehead atoms. The van der Waals surface area contributed by atoms with Crippen molar-refractivity contribution in [2.45, 2.75) is 6.92 Å². The molecule has 1 radical (unpaired) electrons. The number of nitrogens with one attached hydrogen (secondary N) is 1. The second-order valence-electron chi connectivity index (χ2n) is 0.877. The van der Waals surface area contributed by atoms with Crippen LogP contribution in [0.5, 0.6) is 0 Å². The molecule has 0 unspecified atom stereocenters. The average molecular weight is 104 g/mol. The summed E-state index contributed by atoms with van der Waals surface area (Å²) in [6.07, 6.45) is 0. The topological polar surface area (TPSA) is 29.1 Å². The van der Waals surface area contributed by atoms with E-state index in [-0.39, 0.29) is 5.91 Å². The van der Waals surface area contributed by atoms with Crippen LogP contribution in [0.2, 0.25) is 0 Å². The summed E-state index contributed by atoms with van der Waals surface area (Å²) >= 11 is 4.40. The first-order valence-electron chi connectivity index (χ1n) is 1.60. The summed E-state index contributed by atoms with van der Waals surface area (Å²) in [6, 6.07) is 0. The molecule has 1 N–H and O–H groups in total. The van der Waals surface area contributed by atoms with Crippen molar-refractivity contribution < 1.29 is 4.79 Å². The number of amides is 1. The van der Waals surface area contributed by atoms with Crippen LogP contribution in [0.3, 0.4) is 0 Å². The van der Waals surface area contributed by atoms with E-state index in [1.165, 1.54) is 6.92 Å². The molecule has 0 aromatic rings. The monoisotopic (exact) mass is 104 g/mol. The number of carbonyl (C=O) groups excluding carboxylic acids is 1. The van der Waals surface area contributed by atoms with Gasteiger partial charge in [0.15, 0.2) is 0 Å². The molecule has 0 heterocycles. The van der Waals surface area contributed by atoms with Crippen LogP contribution in [-0.4, -0.2) is 11.8 Å². The Bertz CT molecular complexity index is 54.8. The van der Waals surface area contributed by atoms with Gasteiger partial charge in [-0.15, -0.1) is 0 Å². The minimum atomic E-state index is -0.0648. The number of rotatable bonds is 1. The molecular weight excluding hydrogens is 98.1 g/mol. The third-order valence-electron chi connectivity index (χ3n) is 0.321. The summed E-state index contributed by atoms with van der Waals surface area (Å²) in [5.41, 5.74) is 0. The molecule has 0 rings (SSSR count). The highest BCUT2D eigenvalue weighted by atomic mass is 32.1. The molecule has 0 aromatic carbocycles. The van der Waals surface area contributed by atoms with Gasteiger partial charge in [0.05, 0.1) is 5.88 Å². The van der Waals surface area contributed by atoms with E-state index in [9.17, 15) is 4.79 Å². The van der Waals surface area contributed by atoms with E-state index in [1.807, 2.05) is 0 Å². The second kappa shape index (κ2) is 3.03. The second-order valence-corrected chi connectivity index (χ2v) is 1.17. The summed E-state index contributed by atoms with van der Waals surface area (Å²) < 4.78 is 0. The standard InChI is InChI=1S/C3H6NOS/c1-3(5)4-2-6/h2H2,1H3,(H,4,5). The summed E-state index contributed by atoms with van der Waals surface area (Å²) in [5, 5.41) is 2.38. The van der Waals surface area contributed by atoms with Gasteiger partial charge < -0.3 is 5.32 Å². The third-order valence-corrected chi connectivity index (χ3v) is 0.465. The third kappa shape index (κ3) is 3.82. The predicted octanol–water partition coefficient (Wildman–Crippen LogP) is 0.278. The molecule has 0 fully saturated rings. The Hall–Kier alpha value is -0.180. The van der Waals surface area contributed by atoms with Gasteiger partial charge in [0.2, 0.25) is 5.91 Å². The van der Waals surface area contributed by atoms with Crippen LogP contribution in [0, 0.1) is 0 Å². The first-order chi connectivity index (χ1) is 2.77. The quantitative estimate of drug-likeness (QED) is 0.508. The van der Waals surface area contributed by atoms with Gasteiger partial charge in [0.1, 0.15) is 0 Å². The normalized spacial score (nSPS) is 7.67. The van der Waals surface area contributed by atoms with Crippen molar-refractivity contribution in [3.05, 3.63) is 0 Å². The van der Waals surface area contributed by atoms with E-state index in [0.717, 1.165) is 0 Å². The molecule has 0 aliphatic rings. The molecule has 0 aromatic heterocycles. The predicted molar refractivity (Wildman–Crippen MR) is 26.3 cm³/mol. The minimum Gasteiger partial charge on any atom is -0.346 e. The van der Waals surface area contributed by atoms with Crippen molar-refractivity contribution in [2.75, 3.05) is 5.88 Å². The molecule has 0 saturated heterocycles. The van der Waals surface area contributed by atoms with Crippen LogP contribution in [0.4, 0.5) is 0 Å². The number of carbonyl (C=O) groups is 1. The Morgan fingerprint density at radius 3 is 2.50 bits per heavy atom. The summed E-state index contributed by atoms with van der Waals surface area (Å²) in [6.45, 7) is 1.44. The molecular formula is C3H6NOS. The lowest BCUT2D eigenvalue weighted by molar-refractivity contribution is -0.118. The number of hydrogen-bond donors (Lipinski definition) is 1. The summed E-state index contributed by atoms with van der Waals surface area (Å²) in [4.78, 5) is 9.87. The Morgan fingerprint density at radius 2 is 2.50 bits per heavy atom. The van der Waals surface area contributed by atoms with E-state index >= 15 is 0 Å². The smallest absolute Gasteiger partial charge is 0.217 e. The van der Waals surface area contributed by atoms with Gasteiger partial charge >= 0.3 is 0 Å². The fourth-order valence-electron chi connectivity index (χ4n) is 0.102. The zero-order chi connectivity index (χ0) is 4.99. The van der Waals surface area contributed by atoms with Crippen molar-refractivity contribution in [3.63, 3.8) is 0 Å². The molecule has 0 saturated carbocycles. The Kier molecular flexibility index (Phi) is 2.94. The van der Waals surface area contributed by atoms with Gasteiger partial charge in [-0.2, -0.15) is 0 Å². The maximum atomic E-state index is 9.87. The maximum absolute atomic E-state index is 9.87. The lowest BCUT2D eigenvalue weighted by Gasteiger charge is -1.87. The van der Waals surface area contributed by atoms with Gasteiger partial charge in [-0.05, 0) is 0 Å². The fourth-order valence-corrected chi connectivity index (χ4v) is 0.305. The van der Waals surface area contributed by atoms with Gasteiger partial charge in [0, 0.05) is 6.92 Å². The van der Waals surface area contributed by atoms with Gasteiger partial charge in [0.25, 0.3) is 0 Å². The number of hydrogen-bond acceptors (Lipinski definition) is 1. The fraction of sp³-hybridized carbons (Fsp3) is 0.667. The van der Waals surface area contributed by atoms with Gasteiger partial charge in [-0.25, -0.2) is 0 Å². The zero-order valence-electron chi connectivity index (χ0n) is 3.52. The van der Waals surface area contributed by atoms with Crippen molar-refractivity contribution in [3.8, 4) is 0 Å². The SMILES string of the molecule is CC(=O)NC[S]. The molecule has 35 valence electrons. The minimum absolute atomic E-state index is 0.0648. The summed E-state index contributed by atoms with van der Waals surface area (Å²) in [7, 11) is 0. The first kappa shape index (κ1) is 5.82. The lowest BCUT2D eigenvalue weighted by atomic mass is 10.7. The Labute approximate surface area is 42.3 Å². The maximum Gasteiger partial charge on any atom is 0.217 e. The van der Waals surface area contributed by atoms with E-state index in [4.69, 9.17) is 0 Å². The highest BCUT2D eigenvalue weighted by Crippen LogP contribution is 1.62. The van der Waals surface area contributed by atoms with Crippen LogP contribution in [-0.2, 0) is 4.79 Å². The van der Waals surface area contributed by atoms with Crippen LogP contribution >= 0.6 is 12.6 Å². The van der Waals surface area contributed by atoms with E-state index in [2.05, 4.69) is 17.9 Å². The van der Waals surface area contributed by atoms with E-state index in [0.29, 0.717) is 5.88 Å². The largest absolute Gasteiger partial charge is 0.346 e. The van der Waals surface area contributed by atoms with Crippen molar-refractivity contribution in [2.24, 2.45) is 0 Å². The van der Waals surface area contributed by atoms with Crippen LogP contribution in [0.1, 0.15) is 6.92 Å². The molecule has 6 heavy (non-hydrogen) atoms. The van der Waals surface area contributed by atoms with E-state index in [1.54, 1.807) is 0 Å². The molecule has 1 amide bonds. The highest BCUT2D eigenvalue weighted by Gasteiger charge is 1.80. The van der Waals surface area contributed by atoms with Gasteiger partial charge in [-0.3, -0.25) is 4.79 Å². The lowest BCUT2D eigenvalue weighted by Crippen LogP contribution is -2.16. The highest BCUT2D eigenvalue weighted by molar-refractivity contribution is 7.80. The van der Waals surface area contributed by atoms with E-state index < -0.39 is 0 Å². The van der Waals surface area contributed by atoms with Gasteiger partial charge in [-0.1, -0.05) is 12.6 Å². The van der Waals surface area contributed by atoms with Crippen LogP contribution < -0.4 is 5.32 Å². The molecule has 2 nitrogen and oxygen atoms in total. The summed E-state index contributed by atoms with van der Waals surface area (Å²) in [5.74, 6) is 0.250. The Balaban J connectivity index is 2.83. The van der Waals surface area contributed by atoms with Crippen molar-refractivity contribution >= 4 is 18.5 Å². The van der Waals surface area contributed by atoms with Crippen molar-refractivity contribution in [1.82, 2.24) is 5.32 Å². The molecule has 3 heteroatoms. The average Bonchev–Trinajstić information content (AvgIpc) is 1.35. The zero-order valence-corrected chi connectivity index (χ0v) is 4.34.